The normalized spacial score (nSPS) is 25.7. The summed E-state index contributed by atoms with van der Waals surface area (Å²) in [6.45, 7) is 5.14. The number of hydrogen-bond donors (Lipinski definition) is 1. The van der Waals surface area contributed by atoms with Crippen molar-refractivity contribution in [1.82, 2.24) is 15.1 Å². The molecule has 0 unspecified atom stereocenters. The number of carbonyl (C=O) groups is 1. The van der Waals surface area contributed by atoms with E-state index in [0.717, 1.165) is 44.4 Å². The van der Waals surface area contributed by atoms with E-state index in [1.165, 1.54) is 18.4 Å². The fraction of sp³-hybridized carbons (Fsp3) is 0.650. The number of carbonyl (C=O) groups excluding carboxylic acids is 1. The Labute approximate surface area is 155 Å². The van der Waals surface area contributed by atoms with Crippen molar-refractivity contribution < 1.29 is 14.3 Å². The zero-order chi connectivity index (χ0) is 18.1. The number of benzene rings is 1. The third kappa shape index (κ3) is 3.72. The molecule has 6 nitrogen and oxygen atoms in total. The van der Waals surface area contributed by atoms with Gasteiger partial charge in [0.15, 0.2) is 0 Å². The van der Waals surface area contributed by atoms with Gasteiger partial charge < -0.3 is 14.8 Å². The molecule has 1 atom stereocenters. The van der Waals surface area contributed by atoms with Gasteiger partial charge in [0.2, 0.25) is 5.91 Å². The minimum absolute atomic E-state index is 0.0769. The fourth-order valence-electron chi connectivity index (χ4n) is 4.22. The molecule has 4 rings (SSSR count). The SMILES string of the molecule is CNC(=O)[C@@H]1COC2(CN(Cc3cccc(OC)c3)C2)CN1CC1CC1. The van der Waals surface area contributed by atoms with Crippen LogP contribution in [0.2, 0.25) is 0 Å². The van der Waals surface area contributed by atoms with Crippen LogP contribution in [0.25, 0.3) is 0 Å². The van der Waals surface area contributed by atoms with E-state index >= 15 is 0 Å². The molecule has 6 heteroatoms. The van der Waals surface area contributed by atoms with E-state index in [1.54, 1.807) is 14.2 Å². The zero-order valence-corrected chi connectivity index (χ0v) is 15.7. The van der Waals surface area contributed by atoms with Crippen molar-refractivity contribution >= 4 is 5.91 Å². The molecular weight excluding hydrogens is 330 g/mol. The summed E-state index contributed by atoms with van der Waals surface area (Å²) in [7, 11) is 3.41. The quantitative estimate of drug-likeness (QED) is 0.825. The monoisotopic (exact) mass is 359 g/mol. The molecule has 1 aromatic carbocycles. The van der Waals surface area contributed by atoms with E-state index in [-0.39, 0.29) is 17.6 Å². The van der Waals surface area contributed by atoms with Crippen LogP contribution in [-0.2, 0) is 16.1 Å². The molecule has 1 N–H and O–H groups in total. The maximum absolute atomic E-state index is 12.2. The molecule has 2 heterocycles. The molecule has 0 bridgehead atoms. The lowest BCUT2D eigenvalue weighted by molar-refractivity contribution is -0.203. The summed E-state index contributed by atoms with van der Waals surface area (Å²) < 4.78 is 11.5. The molecule has 1 aliphatic carbocycles. The van der Waals surface area contributed by atoms with Crippen LogP contribution < -0.4 is 10.1 Å². The Morgan fingerprint density at radius 3 is 2.85 bits per heavy atom. The summed E-state index contributed by atoms with van der Waals surface area (Å²) in [5.74, 6) is 1.74. The van der Waals surface area contributed by atoms with Crippen LogP contribution in [0.15, 0.2) is 24.3 Å². The van der Waals surface area contributed by atoms with Gasteiger partial charge >= 0.3 is 0 Å². The second kappa shape index (κ2) is 7.18. The molecule has 1 aromatic rings. The third-order valence-corrected chi connectivity index (χ3v) is 5.78. The van der Waals surface area contributed by atoms with Crippen LogP contribution in [0.3, 0.4) is 0 Å². The Balaban J connectivity index is 1.35. The van der Waals surface area contributed by atoms with E-state index in [2.05, 4.69) is 27.2 Å². The molecule has 0 aromatic heterocycles. The van der Waals surface area contributed by atoms with Gasteiger partial charge in [-0.25, -0.2) is 0 Å². The Kier molecular flexibility index (Phi) is 4.90. The number of hydrogen-bond acceptors (Lipinski definition) is 5. The van der Waals surface area contributed by atoms with Gasteiger partial charge in [-0.05, 0) is 36.5 Å². The molecule has 2 aliphatic heterocycles. The zero-order valence-electron chi connectivity index (χ0n) is 15.7. The van der Waals surface area contributed by atoms with Crippen LogP contribution >= 0.6 is 0 Å². The lowest BCUT2D eigenvalue weighted by Gasteiger charge is -2.55. The lowest BCUT2D eigenvalue weighted by Crippen LogP contribution is -2.72. The first-order chi connectivity index (χ1) is 12.6. The Bertz CT molecular complexity index is 655. The molecular formula is C20H29N3O3. The van der Waals surface area contributed by atoms with Crippen LogP contribution in [0, 0.1) is 5.92 Å². The van der Waals surface area contributed by atoms with E-state index < -0.39 is 0 Å². The van der Waals surface area contributed by atoms with E-state index in [1.807, 2.05) is 12.1 Å². The molecule has 3 aliphatic rings. The van der Waals surface area contributed by atoms with Gasteiger partial charge in [0.1, 0.15) is 17.4 Å². The molecule has 26 heavy (non-hydrogen) atoms. The van der Waals surface area contributed by atoms with Crippen molar-refractivity contribution in [3.63, 3.8) is 0 Å². The number of rotatable bonds is 6. The summed E-state index contributed by atoms with van der Waals surface area (Å²) in [4.78, 5) is 17.0. The van der Waals surface area contributed by atoms with Crippen molar-refractivity contribution in [2.45, 2.75) is 31.0 Å². The lowest BCUT2D eigenvalue weighted by atomic mass is 9.89. The average Bonchev–Trinajstić information content (AvgIpc) is 3.44. The predicted molar refractivity (Wildman–Crippen MR) is 99.1 cm³/mol. The molecule has 2 saturated heterocycles. The number of nitrogens with zero attached hydrogens (tertiary/aromatic N) is 2. The number of likely N-dealkylation sites (N-methyl/N-ethyl adjacent to an activating group) is 1. The molecule has 142 valence electrons. The largest absolute Gasteiger partial charge is 0.497 e. The van der Waals surface area contributed by atoms with Gasteiger partial charge in [-0.2, -0.15) is 0 Å². The van der Waals surface area contributed by atoms with Crippen molar-refractivity contribution in [2.24, 2.45) is 5.92 Å². The smallest absolute Gasteiger partial charge is 0.239 e. The summed E-state index contributed by atoms with van der Waals surface area (Å²) in [5.41, 5.74) is 1.14. The van der Waals surface area contributed by atoms with Crippen molar-refractivity contribution in [2.75, 3.05) is 46.9 Å². The van der Waals surface area contributed by atoms with Crippen LogP contribution in [0.4, 0.5) is 0 Å². The highest BCUT2D eigenvalue weighted by Gasteiger charge is 2.50. The molecule has 0 radical (unpaired) electrons. The summed E-state index contributed by atoms with van der Waals surface area (Å²) in [6, 6.07) is 8.09. The minimum Gasteiger partial charge on any atom is -0.497 e. The van der Waals surface area contributed by atoms with Crippen LogP contribution in [0.5, 0.6) is 5.75 Å². The molecule has 3 fully saturated rings. The van der Waals surface area contributed by atoms with Crippen molar-refractivity contribution in [3.8, 4) is 5.75 Å². The summed E-state index contributed by atoms with van der Waals surface area (Å²) in [5, 5.41) is 2.79. The first-order valence-corrected chi connectivity index (χ1v) is 9.56. The standard InChI is InChI=1S/C20H29N3O3/c1-21-19(24)18-11-26-20(14-23(18)10-15-6-7-15)12-22(13-20)9-16-4-3-5-17(8-16)25-2/h3-5,8,15,18H,6-7,9-14H2,1-2H3,(H,21,24)/t18-/m0/s1. The highest BCUT2D eigenvalue weighted by Crippen LogP contribution is 2.36. The van der Waals surface area contributed by atoms with Crippen LogP contribution in [-0.4, -0.2) is 74.3 Å². The van der Waals surface area contributed by atoms with Crippen molar-refractivity contribution in [3.05, 3.63) is 29.8 Å². The second-order valence-corrected chi connectivity index (χ2v) is 7.99. The maximum Gasteiger partial charge on any atom is 0.239 e. The second-order valence-electron chi connectivity index (χ2n) is 7.99. The molecule has 1 amide bonds. The number of nitrogens with one attached hydrogen (secondary N) is 1. The van der Waals surface area contributed by atoms with Gasteiger partial charge in [-0.15, -0.1) is 0 Å². The molecule has 1 saturated carbocycles. The van der Waals surface area contributed by atoms with Gasteiger partial charge in [0.05, 0.1) is 13.7 Å². The first kappa shape index (κ1) is 17.8. The average molecular weight is 359 g/mol. The molecule has 1 spiro atoms. The Morgan fingerprint density at radius 2 is 2.15 bits per heavy atom. The maximum atomic E-state index is 12.2. The third-order valence-electron chi connectivity index (χ3n) is 5.78. The first-order valence-electron chi connectivity index (χ1n) is 9.56. The van der Waals surface area contributed by atoms with Crippen LogP contribution in [0.1, 0.15) is 18.4 Å². The number of likely N-dealkylation sites (tertiary alicyclic amines) is 1. The van der Waals surface area contributed by atoms with Crippen molar-refractivity contribution in [1.29, 1.82) is 0 Å². The summed E-state index contributed by atoms with van der Waals surface area (Å²) >= 11 is 0. The van der Waals surface area contributed by atoms with E-state index in [0.29, 0.717) is 6.61 Å². The summed E-state index contributed by atoms with van der Waals surface area (Å²) in [6.07, 6.45) is 2.60. The van der Waals surface area contributed by atoms with Gasteiger partial charge in [0, 0.05) is 39.8 Å². The Morgan fingerprint density at radius 1 is 1.35 bits per heavy atom. The number of methoxy groups -OCH3 is 1. The van der Waals surface area contributed by atoms with Gasteiger partial charge in [-0.3, -0.25) is 14.6 Å². The topological polar surface area (TPSA) is 54.0 Å². The number of amides is 1. The number of morpholine rings is 1. The predicted octanol–water partition coefficient (Wildman–Crippen LogP) is 1.11. The minimum atomic E-state index is -0.140. The fourth-order valence-corrected chi connectivity index (χ4v) is 4.22. The van der Waals surface area contributed by atoms with Gasteiger partial charge in [0.25, 0.3) is 0 Å². The number of ether oxygens (including phenoxy) is 2. The van der Waals surface area contributed by atoms with E-state index in [9.17, 15) is 4.79 Å². The van der Waals surface area contributed by atoms with Gasteiger partial charge in [-0.1, -0.05) is 12.1 Å². The highest BCUT2D eigenvalue weighted by molar-refractivity contribution is 5.81. The Hall–Kier alpha value is -1.63. The highest BCUT2D eigenvalue weighted by atomic mass is 16.5. The van der Waals surface area contributed by atoms with E-state index in [4.69, 9.17) is 9.47 Å².